The molecule has 0 radical (unpaired) electrons. The third-order valence-corrected chi connectivity index (χ3v) is 3.95. The summed E-state index contributed by atoms with van der Waals surface area (Å²) in [6, 6.07) is 5.98. The second-order valence-electron chi connectivity index (χ2n) is 5.05. The number of carbonyl (C=O) groups excluding carboxylic acids is 1. The Morgan fingerprint density at radius 1 is 1.55 bits per heavy atom. The molecule has 1 fully saturated rings. The Balaban J connectivity index is 2.25. The molecule has 1 saturated heterocycles. The first-order valence-corrected chi connectivity index (χ1v) is 7.34. The van der Waals surface area contributed by atoms with E-state index in [1.165, 1.54) is 7.11 Å². The largest absolute Gasteiger partial charge is 0.496 e. The first kappa shape index (κ1) is 16.6. The van der Waals surface area contributed by atoms with Gasteiger partial charge >= 0.3 is 0 Å². The van der Waals surface area contributed by atoms with Crippen LogP contribution in [0.2, 0.25) is 5.02 Å². The predicted octanol–water partition coefficient (Wildman–Crippen LogP) is 2.04. The number of hydrogen-bond donors (Lipinski definition) is 1. The number of methoxy groups -OCH3 is 1. The van der Waals surface area contributed by atoms with Gasteiger partial charge in [0, 0.05) is 29.7 Å². The van der Waals surface area contributed by atoms with Crippen molar-refractivity contribution in [3.05, 3.63) is 28.8 Å². The minimum absolute atomic E-state index is 0.222. The van der Waals surface area contributed by atoms with E-state index in [9.17, 15) is 10.1 Å². The fourth-order valence-corrected chi connectivity index (χ4v) is 2.66. The molecular weight excluding hydrogens is 306 g/mol. The molecule has 22 heavy (non-hydrogen) atoms. The lowest BCUT2D eigenvalue weighted by molar-refractivity contribution is -0.140. The van der Waals surface area contributed by atoms with Gasteiger partial charge in [-0.3, -0.25) is 9.80 Å². The normalized spacial score (nSPS) is 16.6. The second kappa shape index (κ2) is 7.45. The van der Waals surface area contributed by atoms with Gasteiger partial charge in [0.05, 0.1) is 13.2 Å². The van der Waals surface area contributed by atoms with Crippen molar-refractivity contribution in [3.63, 3.8) is 0 Å². The van der Waals surface area contributed by atoms with Gasteiger partial charge in [0.2, 0.25) is 5.91 Å². The van der Waals surface area contributed by atoms with E-state index in [1.807, 2.05) is 0 Å². The number of ether oxygens (including phenoxy) is 2. The van der Waals surface area contributed by atoms with Crippen LogP contribution in [0.15, 0.2) is 18.2 Å². The van der Waals surface area contributed by atoms with E-state index >= 15 is 0 Å². The van der Waals surface area contributed by atoms with Gasteiger partial charge in [-0.2, -0.15) is 5.26 Å². The maximum absolute atomic E-state index is 12.5. The van der Waals surface area contributed by atoms with Crippen molar-refractivity contribution in [1.82, 2.24) is 5.01 Å². The molecule has 6 nitrogen and oxygen atoms in total. The number of hydrazine groups is 1. The van der Waals surface area contributed by atoms with Crippen LogP contribution >= 0.6 is 11.6 Å². The number of rotatable bonds is 4. The molecule has 1 heterocycles. The molecule has 1 aromatic rings. The van der Waals surface area contributed by atoms with Crippen LogP contribution in [0.4, 0.5) is 0 Å². The summed E-state index contributed by atoms with van der Waals surface area (Å²) in [6.45, 7) is 1.06. The molecule has 2 rings (SSSR count). The smallest absolute Gasteiger partial charge is 0.241 e. The van der Waals surface area contributed by atoms with E-state index in [0.29, 0.717) is 42.4 Å². The van der Waals surface area contributed by atoms with Crippen LogP contribution in [0.5, 0.6) is 5.75 Å². The Morgan fingerprint density at radius 2 is 2.23 bits per heavy atom. The number of hydrogen-bond acceptors (Lipinski definition) is 5. The summed E-state index contributed by atoms with van der Waals surface area (Å²) >= 11 is 5.98. The lowest BCUT2D eigenvalue weighted by Gasteiger charge is -2.29. The molecule has 1 aliphatic rings. The quantitative estimate of drug-likeness (QED) is 0.520. The number of halogens is 1. The van der Waals surface area contributed by atoms with Gasteiger partial charge in [0.25, 0.3) is 0 Å². The van der Waals surface area contributed by atoms with Crippen LogP contribution in [0.25, 0.3) is 0 Å². The van der Waals surface area contributed by atoms with Crippen molar-refractivity contribution in [2.45, 2.75) is 18.9 Å². The molecule has 0 spiro atoms. The lowest BCUT2D eigenvalue weighted by atomic mass is 9.97. The SMILES string of the molecule is COc1ccc(Cl)cc1C(C#N)N(N)C(=O)C1CCOCC1. The highest BCUT2D eigenvalue weighted by molar-refractivity contribution is 6.30. The summed E-state index contributed by atoms with van der Waals surface area (Å²) in [5, 5.41) is 10.9. The van der Waals surface area contributed by atoms with Crippen molar-refractivity contribution < 1.29 is 14.3 Å². The van der Waals surface area contributed by atoms with Crippen LogP contribution in [-0.4, -0.2) is 31.2 Å². The zero-order valence-electron chi connectivity index (χ0n) is 12.3. The summed E-state index contributed by atoms with van der Waals surface area (Å²) in [7, 11) is 1.49. The Hall–Kier alpha value is -1.81. The summed E-state index contributed by atoms with van der Waals surface area (Å²) in [4.78, 5) is 12.5. The summed E-state index contributed by atoms with van der Waals surface area (Å²) in [5.41, 5.74) is 0.473. The van der Waals surface area contributed by atoms with E-state index < -0.39 is 6.04 Å². The molecule has 0 bridgehead atoms. The van der Waals surface area contributed by atoms with E-state index in [4.69, 9.17) is 26.9 Å². The fourth-order valence-electron chi connectivity index (χ4n) is 2.48. The van der Waals surface area contributed by atoms with Crippen LogP contribution in [0.3, 0.4) is 0 Å². The van der Waals surface area contributed by atoms with E-state index in [1.54, 1.807) is 18.2 Å². The van der Waals surface area contributed by atoms with Gasteiger partial charge in [-0.1, -0.05) is 11.6 Å². The molecule has 2 N–H and O–H groups in total. The third-order valence-electron chi connectivity index (χ3n) is 3.71. The number of carbonyl (C=O) groups is 1. The zero-order chi connectivity index (χ0) is 16.1. The van der Waals surface area contributed by atoms with Crippen molar-refractivity contribution in [2.24, 2.45) is 11.8 Å². The summed E-state index contributed by atoms with van der Waals surface area (Å²) in [6.07, 6.45) is 1.22. The van der Waals surface area contributed by atoms with Gasteiger partial charge in [0.15, 0.2) is 6.04 Å². The maximum atomic E-state index is 12.5. The topological polar surface area (TPSA) is 88.6 Å². The van der Waals surface area contributed by atoms with Crippen LogP contribution < -0.4 is 10.6 Å². The minimum atomic E-state index is -0.955. The van der Waals surface area contributed by atoms with E-state index in [-0.39, 0.29) is 11.8 Å². The molecule has 0 saturated carbocycles. The van der Waals surface area contributed by atoms with Gasteiger partial charge in [-0.15, -0.1) is 0 Å². The number of benzene rings is 1. The first-order chi connectivity index (χ1) is 10.6. The molecule has 7 heteroatoms. The molecule has 1 unspecified atom stereocenters. The molecule has 0 aromatic heterocycles. The molecule has 118 valence electrons. The van der Waals surface area contributed by atoms with Crippen LogP contribution in [0.1, 0.15) is 24.4 Å². The highest BCUT2D eigenvalue weighted by Gasteiger charge is 2.31. The van der Waals surface area contributed by atoms with E-state index in [2.05, 4.69) is 6.07 Å². The van der Waals surface area contributed by atoms with Crippen molar-refractivity contribution in [3.8, 4) is 11.8 Å². The Labute approximate surface area is 134 Å². The number of nitriles is 1. The number of nitrogens with two attached hydrogens (primary N) is 1. The minimum Gasteiger partial charge on any atom is -0.496 e. The molecule has 1 aliphatic heterocycles. The van der Waals surface area contributed by atoms with Gasteiger partial charge in [0.1, 0.15) is 5.75 Å². The van der Waals surface area contributed by atoms with Gasteiger partial charge in [-0.25, -0.2) is 5.84 Å². The third kappa shape index (κ3) is 3.50. The maximum Gasteiger partial charge on any atom is 0.241 e. The Morgan fingerprint density at radius 3 is 2.82 bits per heavy atom. The monoisotopic (exact) mass is 323 g/mol. The van der Waals surface area contributed by atoms with Gasteiger partial charge < -0.3 is 9.47 Å². The predicted molar refractivity (Wildman–Crippen MR) is 80.9 cm³/mol. The van der Waals surface area contributed by atoms with Crippen molar-refractivity contribution >= 4 is 17.5 Å². The first-order valence-electron chi connectivity index (χ1n) is 6.97. The standard InChI is InChI=1S/C15H18ClN3O3/c1-21-14-3-2-11(16)8-12(14)13(9-17)19(18)15(20)10-4-6-22-7-5-10/h2-3,8,10,13H,4-7,18H2,1H3. The van der Waals surface area contributed by atoms with Crippen molar-refractivity contribution in [2.75, 3.05) is 20.3 Å². The molecule has 0 aliphatic carbocycles. The molecule has 1 atom stereocenters. The summed E-state index contributed by atoms with van der Waals surface area (Å²) in [5.74, 6) is 5.91. The fraction of sp³-hybridized carbons (Fsp3) is 0.467. The average molecular weight is 324 g/mol. The molecular formula is C15H18ClN3O3. The second-order valence-corrected chi connectivity index (χ2v) is 5.49. The highest BCUT2D eigenvalue weighted by atomic mass is 35.5. The average Bonchev–Trinajstić information content (AvgIpc) is 2.56. The Bertz CT molecular complexity index is 582. The molecule has 1 amide bonds. The highest BCUT2D eigenvalue weighted by Crippen LogP contribution is 2.31. The van der Waals surface area contributed by atoms with Crippen LogP contribution in [0, 0.1) is 17.2 Å². The summed E-state index contributed by atoms with van der Waals surface area (Å²) < 4.78 is 10.5. The van der Waals surface area contributed by atoms with Crippen LogP contribution in [-0.2, 0) is 9.53 Å². The molecule has 1 aromatic carbocycles. The van der Waals surface area contributed by atoms with Gasteiger partial charge in [-0.05, 0) is 31.0 Å². The Kier molecular flexibility index (Phi) is 5.61. The van der Waals surface area contributed by atoms with E-state index in [0.717, 1.165) is 5.01 Å². The van der Waals surface area contributed by atoms with Crippen molar-refractivity contribution in [1.29, 1.82) is 5.26 Å². The zero-order valence-corrected chi connectivity index (χ0v) is 13.0. The lowest BCUT2D eigenvalue weighted by Crippen LogP contribution is -2.45. The number of nitrogens with zero attached hydrogens (tertiary/aromatic N) is 2. The number of amides is 1.